The Morgan fingerprint density at radius 3 is 2.56 bits per heavy atom. The number of methoxy groups -OCH3 is 1. The summed E-state index contributed by atoms with van der Waals surface area (Å²) in [4.78, 5) is 30.5. The molecule has 34 heavy (non-hydrogen) atoms. The monoisotopic (exact) mass is 461 g/mol. The van der Waals surface area contributed by atoms with E-state index in [2.05, 4.69) is 14.7 Å². The first-order valence-corrected chi connectivity index (χ1v) is 11.1. The maximum Gasteiger partial charge on any atom is 0.339 e. The minimum atomic E-state index is -0.627. The van der Waals surface area contributed by atoms with Gasteiger partial charge in [-0.3, -0.25) is 4.79 Å². The Labute approximate surface area is 197 Å². The van der Waals surface area contributed by atoms with Gasteiger partial charge >= 0.3 is 5.97 Å². The summed E-state index contributed by atoms with van der Waals surface area (Å²) >= 11 is 0. The number of ketones is 1. The van der Waals surface area contributed by atoms with Crippen molar-refractivity contribution in [2.75, 3.05) is 20.3 Å². The third-order valence-corrected chi connectivity index (χ3v) is 5.85. The van der Waals surface area contributed by atoms with Crippen LogP contribution in [0.4, 0.5) is 0 Å². The van der Waals surface area contributed by atoms with Crippen molar-refractivity contribution in [3.8, 4) is 11.3 Å². The first kappa shape index (κ1) is 23.4. The van der Waals surface area contributed by atoms with Crippen molar-refractivity contribution < 1.29 is 23.6 Å². The summed E-state index contributed by atoms with van der Waals surface area (Å²) in [6, 6.07) is 12.9. The number of carbonyl (C=O) groups excluding carboxylic acids is 2. The second kappa shape index (κ2) is 10.0. The van der Waals surface area contributed by atoms with Gasteiger partial charge in [0.1, 0.15) is 0 Å². The number of esters is 1. The molecule has 0 aliphatic carbocycles. The SMILES string of the molecule is COCCCn1c(C)cc(C(=O)COC(=O)c2cc(-c3ccccc3)nc3onc(C)c23)c1C. The zero-order valence-electron chi connectivity index (χ0n) is 19.8. The molecule has 0 atom stereocenters. The molecule has 176 valence electrons. The van der Waals surface area contributed by atoms with Crippen molar-refractivity contribution in [3.63, 3.8) is 0 Å². The number of aryl methyl sites for hydroxylation is 2. The van der Waals surface area contributed by atoms with E-state index >= 15 is 0 Å². The van der Waals surface area contributed by atoms with Gasteiger partial charge in [0, 0.05) is 42.8 Å². The molecule has 0 bridgehead atoms. The summed E-state index contributed by atoms with van der Waals surface area (Å²) in [7, 11) is 1.67. The lowest BCUT2D eigenvalue weighted by Gasteiger charge is -2.10. The third-order valence-electron chi connectivity index (χ3n) is 5.85. The van der Waals surface area contributed by atoms with Gasteiger partial charge in [-0.15, -0.1) is 0 Å². The molecule has 0 unspecified atom stereocenters. The van der Waals surface area contributed by atoms with Crippen molar-refractivity contribution in [2.24, 2.45) is 0 Å². The van der Waals surface area contributed by atoms with E-state index in [9.17, 15) is 9.59 Å². The van der Waals surface area contributed by atoms with E-state index in [0.717, 1.165) is 29.9 Å². The molecule has 0 radical (unpaired) electrons. The van der Waals surface area contributed by atoms with Gasteiger partial charge in [-0.1, -0.05) is 35.5 Å². The van der Waals surface area contributed by atoms with E-state index in [1.165, 1.54) is 0 Å². The maximum absolute atomic E-state index is 13.1. The largest absolute Gasteiger partial charge is 0.454 e. The molecule has 4 rings (SSSR count). The topological polar surface area (TPSA) is 96.5 Å². The van der Waals surface area contributed by atoms with Crippen molar-refractivity contribution in [1.82, 2.24) is 14.7 Å². The van der Waals surface area contributed by atoms with Crippen LogP contribution in [0.1, 0.15) is 44.2 Å². The van der Waals surface area contributed by atoms with Crippen LogP contribution in [0.3, 0.4) is 0 Å². The van der Waals surface area contributed by atoms with E-state index in [1.54, 1.807) is 20.1 Å². The van der Waals surface area contributed by atoms with Gasteiger partial charge in [0.25, 0.3) is 5.71 Å². The summed E-state index contributed by atoms with van der Waals surface area (Å²) in [6.45, 7) is 6.62. The Morgan fingerprint density at radius 1 is 1.06 bits per heavy atom. The first-order valence-electron chi connectivity index (χ1n) is 11.1. The lowest BCUT2D eigenvalue weighted by atomic mass is 10.1. The highest BCUT2D eigenvalue weighted by molar-refractivity contribution is 6.06. The maximum atomic E-state index is 13.1. The van der Waals surface area contributed by atoms with Gasteiger partial charge in [0.2, 0.25) is 5.78 Å². The summed E-state index contributed by atoms with van der Waals surface area (Å²) < 4.78 is 18.0. The van der Waals surface area contributed by atoms with E-state index in [4.69, 9.17) is 14.0 Å². The standard InChI is InChI=1S/C26H27N3O5/c1-16-13-20(18(3)29(16)11-8-12-32-4)23(30)15-33-26(31)21-14-22(19-9-6-5-7-10-19)27-25-24(21)17(2)28-34-25/h5-7,9-10,13-14H,8,11-12,15H2,1-4H3. The van der Waals surface area contributed by atoms with E-state index < -0.39 is 5.97 Å². The quantitative estimate of drug-likeness (QED) is 0.203. The predicted octanol–water partition coefficient (Wildman–Crippen LogP) is 4.69. The minimum Gasteiger partial charge on any atom is -0.454 e. The molecule has 1 aromatic carbocycles. The van der Waals surface area contributed by atoms with E-state index in [0.29, 0.717) is 28.9 Å². The Kier molecular flexibility index (Phi) is 6.88. The molecule has 0 saturated heterocycles. The number of nitrogens with zero attached hydrogens (tertiary/aromatic N) is 3. The van der Waals surface area contributed by atoms with Crippen LogP contribution < -0.4 is 0 Å². The average molecular weight is 462 g/mol. The van der Waals surface area contributed by atoms with Gasteiger partial charge in [0.05, 0.1) is 22.3 Å². The number of fused-ring (bicyclic) bond motifs is 1. The molecule has 0 spiro atoms. The number of hydrogen-bond acceptors (Lipinski definition) is 7. The smallest absolute Gasteiger partial charge is 0.339 e. The molecule has 0 amide bonds. The highest BCUT2D eigenvalue weighted by Gasteiger charge is 2.22. The molecule has 3 heterocycles. The lowest BCUT2D eigenvalue weighted by molar-refractivity contribution is 0.0476. The molecule has 4 aromatic rings. The number of rotatable bonds is 9. The highest BCUT2D eigenvalue weighted by atomic mass is 16.5. The van der Waals surface area contributed by atoms with Gasteiger partial charge in [-0.05, 0) is 39.3 Å². The number of benzene rings is 1. The van der Waals surface area contributed by atoms with Crippen LogP contribution in [0.25, 0.3) is 22.4 Å². The van der Waals surface area contributed by atoms with Gasteiger partial charge in [-0.25, -0.2) is 9.78 Å². The molecule has 8 nitrogen and oxygen atoms in total. The summed E-state index contributed by atoms with van der Waals surface area (Å²) in [5.74, 6) is -0.881. The van der Waals surface area contributed by atoms with Gasteiger partial charge in [-0.2, -0.15) is 0 Å². The molecule has 0 saturated carbocycles. The zero-order chi connectivity index (χ0) is 24.2. The molecule has 0 N–H and O–H groups in total. The Balaban J connectivity index is 1.56. The van der Waals surface area contributed by atoms with Crippen LogP contribution in [0.5, 0.6) is 0 Å². The molecule has 8 heteroatoms. The second-order valence-electron chi connectivity index (χ2n) is 8.15. The molecule has 0 aliphatic heterocycles. The molecule has 0 fully saturated rings. The van der Waals surface area contributed by atoms with Crippen LogP contribution in [0, 0.1) is 20.8 Å². The Hall–Kier alpha value is -3.78. The number of Topliss-reactive ketones (excluding diaryl/α,β-unsaturated/α-hetero) is 1. The van der Waals surface area contributed by atoms with Crippen molar-refractivity contribution in [3.05, 3.63) is 70.7 Å². The fraction of sp³-hybridized carbons (Fsp3) is 0.308. The fourth-order valence-electron chi connectivity index (χ4n) is 4.09. The third kappa shape index (κ3) is 4.63. The van der Waals surface area contributed by atoms with Crippen LogP contribution in [0.15, 0.2) is 47.0 Å². The van der Waals surface area contributed by atoms with Crippen molar-refractivity contribution in [2.45, 2.75) is 33.7 Å². The lowest BCUT2D eigenvalue weighted by Crippen LogP contribution is -2.16. The second-order valence-corrected chi connectivity index (χ2v) is 8.15. The summed E-state index contributed by atoms with van der Waals surface area (Å²) in [5.41, 5.74) is 4.80. The average Bonchev–Trinajstić information content (AvgIpc) is 3.36. The minimum absolute atomic E-state index is 0.247. The first-order chi connectivity index (χ1) is 16.4. The number of hydrogen-bond donors (Lipinski definition) is 0. The van der Waals surface area contributed by atoms with Crippen LogP contribution in [-0.4, -0.2) is 46.8 Å². The summed E-state index contributed by atoms with van der Waals surface area (Å²) in [5, 5.41) is 4.43. The number of ether oxygens (including phenoxy) is 2. The van der Waals surface area contributed by atoms with E-state index in [1.807, 2.05) is 50.2 Å². The summed E-state index contributed by atoms with van der Waals surface area (Å²) in [6.07, 6.45) is 0.843. The number of aromatic nitrogens is 3. The Bertz CT molecular complexity index is 1340. The van der Waals surface area contributed by atoms with Crippen LogP contribution in [-0.2, 0) is 16.0 Å². The molecule has 0 aliphatic rings. The van der Waals surface area contributed by atoms with E-state index in [-0.39, 0.29) is 23.7 Å². The fourth-order valence-corrected chi connectivity index (χ4v) is 4.09. The highest BCUT2D eigenvalue weighted by Crippen LogP contribution is 2.27. The van der Waals surface area contributed by atoms with Crippen LogP contribution >= 0.6 is 0 Å². The number of pyridine rings is 1. The molecular formula is C26H27N3O5. The zero-order valence-corrected chi connectivity index (χ0v) is 19.8. The van der Waals surface area contributed by atoms with Gasteiger partial charge < -0.3 is 18.6 Å². The molecule has 3 aromatic heterocycles. The van der Waals surface area contributed by atoms with Gasteiger partial charge in [0.15, 0.2) is 6.61 Å². The van der Waals surface area contributed by atoms with Crippen LogP contribution in [0.2, 0.25) is 0 Å². The molecular weight excluding hydrogens is 434 g/mol. The number of carbonyl (C=O) groups is 2. The van der Waals surface area contributed by atoms with Crippen molar-refractivity contribution in [1.29, 1.82) is 0 Å². The normalized spacial score (nSPS) is 11.2. The van der Waals surface area contributed by atoms with Crippen molar-refractivity contribution >= 4 is 22.9 Å². The Morgan fingerprint density at radius 2 is 1.82 bits per heavy atom. The predicted molar refractivity (Wildman–Crippen MR) is 127 cm³/mol.